The fourth-order valence-corrected chi connectivity index (χ4v) is 2.01. The molecule has 1 rings (SSSR count). The second-order valence-corrected chi connectivity index (χ2v) is 5.29. The molecule has 0 unspecified atom stereocenters. The normalized spacial score (nSPS) is 12.8. The summed E-state index contributed by atoms with van der Waals surface area (Å²) in [5, 5.41) is 3.09. The average molecular weight is 277 g/mol. The summed E-state index contributed by atoms with van der Waals surface area (Å²) < 4.78 is 51.4. The highest BCUT2D eigenvalue weighted by Gasteiger charge is 2.33. The van der Waals surface area contributed by atoms with Crippen LogP contribution in [0, 0.1) is 5.82 Å². The second kappa shape index (κ2) is 5.90. The van der Waals surface area contributed by atoms with E-state index in [1.54, 1.807) is 0 Å². The van der Waals surface area contributed by atoms with Crippen LogP contribution in [-0.4, -0.2) is 5.54 Å². The van der Waals surface area contributed by atoms with Gasteiger partial charge >= 0.3 is 6.18 Å². The summed E-state index contributed by atoms with van der Waals surface area (Å²) in [5.74, 6) is -0.871. The highest BCUT2D eigenvalue weighted by atomic mass is 19.4. The third-order valence-electron chi connectivity index (χ3n) is 3.01. The Balaban J connectivity index is 2.90. The SMILES string of the molecule is CCCC(C)(C)NCc1ccc(F)cc1C(F)(F)F. The molecule has 0 bridgehead atoms. The van der Waals surface area contributed by atoms with Crippen LogP contribution in [0.5, 0.6) is 0 Å². The van der Waals surface area contributed by atoms with Crippen LogP contribution < -0.4 is 5.32 Å². The van der Waals surface area contributed by atoms with Gasteiger partial charge in [-0.05, 0) is 38.0 Å². The van der Waals surface area contributed by atoms with E-state index >= 15 is 0 Å². The Morgan fingerprint density at radius 2 is 1.79 bits per heavy atom. The molecule has 1 aromatic rings. The van der Waals surface area contributed by atoms with Crippen molar-refractivity contribution in [2.24, 2.45) is 0 Å². The minimum absolute atomic E-state index is 0.0677. The van der Waals surface area contributed by atoms with E-state index in [2.05, 4.69) is 5.32 Å². The molecule has 5 heteroatoms. The van der Waals surface area contributed by atoms with E-state index in [0.29, 0.717) is 6.07 Å². The lowest BCUT2D eigenvalue weighted by molar-refractivity contribution is -0.138. The van der Waals surface area contributed by atoms with Crippen molar-refractivity contribution in [2.45, 2.75) is 51.9 Å². The molecule has 0 radical (unpaired) electrons. The lowest BCUT2D eigenvalue weighted by atomic mass is 9.98. The molecule has 0 heterocycles. The quantitative estimate of drug-likeness (QED) is 0.781. The molecule has 108 valence electrons. The van der Waals surface area contributed by atoms with Crippen LogP contribution >= 0.6 is 0 Å². The van der Waals surface area contributed by atoms with Gasteiger partial charge in [0.2, 0.25) is 0 Å². The van der Waals surface area contributed by atoms with E-state index in [-0.39, 0.29) is 17.6 Å². The number of alkyl halides is 3. The van der Waals surface area contributed by atoms with Crippen LogP contribution in [0.2, 0.25) is 0 Å². The number of benzene rings is 1. The van der Waals surface area contributed by atoms with Crippen molar-refractivity contribution >= 4 is 0 Å². The van der Waals surface area contributed by atoms with Gasteiger partial charge in [-0.3, -0.25) is 0 Å². The topological polar surface area (TPSA) is 12.0 Å². The molecule has 1 aromatic carbocycles. The number of rotatable bonds is 5. The maximum absolute atomic E-state index is 13.0. The van der Waals surface area contributed by atoms with Gasteiger partial charge in [-0.25, -0.2) is 4.39 Å². The summed E-state index contributed by atoms with van der Waals surface area (Å²) in [6, 6.07) is 2.79. The van der Waals surface area contributed by atoms with E-state index < -0.39 is 17.6 Å². The number of hydrogen-bond donors (Lipinski definition) is 1. The smallest absolute Gasteiger partial charge is 0.308 e. The molecule has 0 aliphatic carbocycles. The van der Waals surface area contributed by atoms with Crippen molar-refractivity contribution in [1.29, 1.82) is 0 Å². The van der Waals surface area contributed by atoms with Gasteiger partial charge in [-0.2, -0.15) is 13.2 Å². The van der Waals surface area contributed by atoms with Crippen molar-refractivity contribution in [3.8, 4) is 0 Å². The first-order chi connectivity index (χ1) is 8.65. The van der Waals surface area contributed by atoms with Gasteiger partial charge in [0.05, 0.1) is 5.56 Å². The molecule has 0 spiro atoms. The first kappa shape index (κ1) is 16.0. The van der Waals surface area contributed by atoms with Crippen molar-refractivity contribution in [3.05, 3.63) is 35.1 Å². The lowest BCUT2D eigenvalue weighted by Crippen LogP contribution is -2.38. The van der Waals surface area contributed by atoms with Crippen molar-refractivity contribution < 1.29 is 17.6 Å². The highest BCUT2D eigenvalue weighted by molar-refractivity contribution is 5.30. The van der Waals surface area contributed by atoms with Crippen LogP contribution in [-0.2, 0) is 12.7 Å². The molecule has 0 aliphatic rings. The van der Waals surface area contributed by atoms with Gasteiger partial charge in [0.25, 0.3) is 0 Å². The Bertz CT molecular complexity index is 424. The zero-order chi connectivity index (χ0) is 14.7. The molecule has 0 aliphatic heterocycles. The van der Waals surface area contributed by atoms with Crippen molar-refractivity contribution in [3.63, 3.8) is 0 Å². The minimum Gasteiger partial charge on any atom is -0.308 e. The Kier molecular flexibility index (Phi) is 4.96. The predicted molar refractivity (Wildman–Crippen MR) is 67.2 cm³/mol. The largest absolute Gasteiger partial charge is 0.416 e. The first-order valence-corrected chi connectivity index (χ1v) is 6.26. The average Bonchev–Trinajstić information content (AvgIpc) is 2.26. The van der Waals surface area contributed by atoms with E-state index in [1.807, 2.05) is 20.8 Å². The molecule has 1 N–H and O–H groups in total. The summed E-state index contributed by atoms with van der Waals surface area (Å²) in [7, 11) is 0. The highest BCUT2D eigenvalue weighted by Crippen LogP contribution is 2.32. The zero-order valence-electron chi connectivity index (χ0n) is 11.4. The molecule has 0 fully saturated rings. The van der Waals surface area contributed by atoms with Gasteiger partial charge in [-0.1, -0.05) is 19.4 Å². The van der Waals surface area contributed by atoms with Crippen LogP contribution in [0.1, 0.15) is 44.7 Å². The lowest BCUT2D eigenvalue weighted by Gasteiger charge is -2.26. The van der Waals surface area contributed by atoms with E-state index in [0.717, 1.165) is 18.9 Å². The van der Waals surface area contributed by atoms with E-state index in [4.69, 9.17) is 0 Å². The maximum atomic E-state index is 13.0. The Labute approximate surface area is 111 Å². The zero-order valence-corrected chi connectivity index (χ0v) is 11.4. The summed E-state index contributed by atoms with van der Waals surface area (Å²) in [4.78, 5) is 0. The molecule has 0 amide bonds. The molecule has 1 nitrogen and oxygen atoms in total. The van der Waals surface area contributed by atoms with Gasteiger partial charge in [0, 0.05) is 12.1 Å². The van der Waals surface area contributed by atoms with Crippen LogP contribution in [0.4, 0.5) is 17.6 Å². The fraction of sp³-hybridized carbons (Fsp3) is 0.571. The summed E-state index contributed by atoms with van der Waals surface area (Å²) in [6.07, 6.45) is -2.74. The third-order valence-corrected chi connectivity index (χ3v) is 3.01. The summed E-state index contributed by atoms with van der Waals surface area (Å²) in [6.45, 7) is 5.96. The third kappa shape index (κ3) is 4.82. The molecule has 0 saturated heterocycles. The minimum atomic E-state index is -4.53. The number of nitrogens with one attached hydrogen (secondary N) is 1. The Morgan fingerprint density at radius 3 is 2.32 bits per heavy atom. The number of halogens is 4. The van der Waals surface area contributed by atoms with Gasteiger partial charge < -0.3 is 5.32 Å². The summed E-state index contributed by atoms with van der Waals surface area (Å²) >= 11 is 0. The molecule has 0 aromatic heterocycles. The van der Waals surface area contributed by atoms with Crippen LogP contribution in [0.3, 0.4) is 0 Å². The fourth-order valence-electron chi connectivity index (χ4n) is 2.01. The molecular formula is C14H19F4N. The van der Waals surface area contributed by atoms with Crippen LogP contribution in [0.15, 0.2) is 18.2 Å². The standard InChI is InChI=1S/C14H19F4N/c1-4-7-13(2,3)19-9-10-5-6-11(15)8-12(10)14(16,17)18/h5-6,8,19H,4,7,9H2,1-3H3. The second-order valence-electron chi connectivity index (χ2n) is 5.29. The van der Waals surface area contributed by atoms with Crippen molar-refractivity contribution in [1.82, 2.24) is 5.32 Å². The van der Waals surface area contributed by atoms with E-state index in [9.17, 15) is 17.6 Å². The molecule has 19 heavy (non-hydrogen) atoms. The first-order valence-electron chi connectivity index (χ1n) is 6.26. The molecule has 0 saturated carbocycles. The number of hydrogen-bond acceptors (Lipinski definition) is 1. The Hall–Kier alpha value is -1.10. The van der Waals surface area contributed by atoms with Crippen molar-refractivity contribution in [2.75, 3.05) is 0 Å². The van der Waals surface area contributed by atoms with Gasteiger partial charge in [0.1, 0.15) is 5.82 Å². The molecule has 0 atom stereocenters. The monoisotopic (exact) mass is 277 g/mol. The van der Waals surface area contributed by atoms with Gasteiger partial charge in [-0.15, -0.1) is 0 Å². The van der Waals surface area contributed by atoms with Crippen LogP contribution in [0.25, 0.3) is 0 Å². The van der Waals surface area contributed by atoms with E-state index in [1.165, 1.54) is 6.07 Å². The molecular weight excluding hydrogens is 258 g/mol. The van der Waals surface area contributed by atoms with Gasteiger partial charge in [0.15, 0.2) is 0 Å². The maximum Gasteiger partial charge on any atom is 0.416 e. The Morgan fingerprint density at radius 1 is 1.16 bits per heavy atom. The summed E-state index contributed by atoms with van der Waals surface area (Å²) in [5.41, 5.74) is -1.09. The predicted octanol–water partition coefficient (Wildman–Crippen LogP) is 4.51.